The van der Waals surface area contributed by atoms with Gasteiger partial charge in [-0.3, -0.25) is 0 Å². The highest BCUT2D eigenvalue weighted by Gasteiger charge is 2.33. The molecule has 2 heterocycles. The van der Waals surface area contributed by atoms with Crippen LogP contribution in [0.4, 0.5) is 0 Å². The molecule has 0 bridgehead atoms. The Morgan fingerprint density at radius 2 is 2.33 bits per heavy atom. The highest BCUT2D eigenvalue weighted by Crippen LogP contribution is 2.30. The Bertz CT molecular complexity index is 646. The number of rotatable bonds is 7. The molecule has 114 valence electrons. The lowest BCUT2D eigenvalue weighted by atomic mass is 10.1. The van der Waals surface area contributed by atoms with Crippen molar-refractivity contribution in [3.63, 3.8) is 0 Å². The highest BCUT2D eigenvalue weighted by atomic mass is 32.2. The van der Waals surface area contributed by atoms with Crippen molar-refractivity contribution in [2.75, 3.05) is 17.3 Å². The molecular formula is C13H18N4O2S2. The van der Waals surface area contributed by atoms with Crippen LogP contribution in [0.25, 0.3) is 0 Å². The zero-order valence-corrected chi connectivity index (χ0v) is 13.4. The SMILES string of the molecule is C=CCn1c(SCCCC#N)nnc1[C@H]1CCS(=O)(=O)C1. The van der Waals surface area contributed by atoms with Gasteiger partial charge >= 0.3 is 0 Å². The summed E-state index contributed by atoms with van der Waals surface area (Å²) < 4.78 is 25.2. The Morgan fingerprint density at radius 1 is 1.52 bits per heavy atom. The van der Waals surface area contributed by atoms with Crippen molar-refractivity contribution < 1.29 is 8.42 Å². The van der Waals surface area contributed by atoms with Gasteiger partial charge in [-0.15, -0.1) is 16.8 Å². The average molecular weight is 326 g/mol. The summed E-state index contributed by atoms with van der Waals surface area (Å²) in [4.78, 5) is 0. The zero-order chi connectivity index (χ0) is 15.3. The Hall–Kier alpha value is -1.33. The third-order valence-electron chi connectivity index (χ3n) is 3.32. The quantitative estimate of drug-likeness (QED) is 0.431. The summed E-state index contributed by atoms with van der Waals surface area (Å²) in [5, 5.41) is 17.7. The standard InChI is InChI=1S/C13H18N4O2S2/c1-2-7-17-12(11-5-9-21(18,19)10-11)15-16-13(17)20-8-4-3-6-14/h2,11H,1,3-5,7-10H2/t11-/m0/s1. The maximum absolute atomic E-state index is 11.6. The van der Waals surface area contributed by atoms with E-state index in [9.17, 15) is 8.42 Å². The van der Waals surface area contributed by atoms with Crippen molar-refractivity contribution in [2.45, 2.75) is 36.9 Å². The number of allylic oxidation sites excluding steroid dienone is 1. The van der Waals surface area contributed by atoms with E-state index in [0.717, 1.165) is 23.2 Å². The Labute approximate surface area is 129 Å². The van der Waals surface area contributed by atoms with Gasteiger partial charge in [0.15, 0.2) is 15.0 Å². The molecule has 21 heavy (non-hydrogen) atoms. The summed E-state index contributed by atoms with van der Waals surface area (Å²) in [6.07, 6.45) is 3.69. The fraction of sp³-hybridized carbons (Fsp3) is 0.615. The lowest BCUT2D eigenvalue weighted by Gasteiger charge is -2.10. The van der Waals surface area contributed by atoms with Gasteiger partial charge in [-0.1, -0.05) is 17.8 Å². The molecule has 0 aliphatic carbocycles. The van der Waals surface area contributed by atoms with Gasteiger partial charge in [-0.05, 0) is 12.8 Å². The first-order valence-corrected chi connectivity index (χ1v) is 9.62. The molecule has 0 amide bonds. The summed E-state index contributed by atoms with van der Waals surface area (Å²) in [7, 11) is -2.94. The van der Waals surface area contributed by atoms with Crippen LogP contribution in [0.1, 0.15) is 31.0 Å². The average Bonchev–Trinajstić information content (AvgIpc) is 2.99. The van der Waals surface area contributed by atoms with E-state index < -0.39 is 9.84 Å². The second-order valence-corrected chi connectivity index (χ2v) is 8.24. The number of unbranched alkanes of at least 4 members (excludes halogenated alkanes) is 1. The molecule has 0 spiro atoms. The van der Waals surface area contributed by atoms with E-state index in [0.29, 0.717) is 19.4 Å². The van der Waals surface area contributed by atoms with Crippen LogP contribution in [-0.4, -0.2) is 40.4 Å². The summed E-state index contributed by atoms with van der Waals surface area (Å²) in [5.74, 6) is 1.84. The first-order valence-electron chi connectivity index (χ1n) is 6.81. The number of thioether (sulfide) groups is 1. The molecule has 0 N–H and O–H groups in total. The smallest absolute Gasteiger partial charge is 0.191 e. The van der Waals surface area contributed by atoms with E-state index in [1.807, 2.05) is 4.57 Å². The van der Waals surface area contributed by atoms with E-state index in [-0.39, 0.29) is 17.4 Å². The van der Waals surface area contributed by atoms with Gasteiger partial charge < -0.3 is 4.57 Å². The summed E-state index contributed by atoms with van der Waals surface area (Å²) in [6, 6.07) is 2.11. The van der Waals surface area contributed by atoms with Gasteiger partial charge in [0.2, 0.25) is 0 Å². The number of hydrogen-bond donors (Lipinski definition) is 0. The van der Waals surface area contributed by atoms with Crippen LogP contribution in [0.3, 0.4) is 0 Å². The van der Waals surface area contributed by atoms with Crippen molar-refractivity contribution in [3.05, 3.63) is 18.5 Å². The predicted molar refractivity (Wildman–Crippen MR) is 81.8 cm³/mol. The molecule has 1 saturated heterocycles. The summed E-state index contributed by atoms with van der Waals surface area (Å²) in [6.45, 7) is 4.30. The molecule has 1 aromatic heterocycles. The van der Waals surface area contributed by atoms with E-state index in [1.165, 1.54) is 0 Å². The maximum atomic E-state index is 11.6. The second kappa shape index (κ2) is 7.09. The molecule has 6 nitrogen and oxygen atoms in total. The minimum atomic E-state index is -2.94. The van der Waals surface area contributed by atoms with Crippen molar-refractivity contribution in [1.29, 1.82) is 5.26 Å². The number of sulfone groups is 1. The van der Waals surface area contributed by atoms with Crippen LogP contribution >= 0.6 is 11.8 Å². The molecule has 1 atom stereocenters. The van der Waals surface area contributed by atoms with E-state index in [2.05, 4.69) is 22.8 Å². The van der Waals surface area contributed by atoms with Crippen molar-refractivity contribution in [1.82, 2.24) is 14.8 Å². The summed E-state index contributed by atoms with van der Waals surface area (Å²) in [5.41, 5.74) is 0. The fourth-order valence-electron chi connectivity index (χ4n) is 2.32. The monoisotopic (exact) mass is 326 g/mol. The molecule has 1 aliphatic rings. The summed E-state index contributed by atoms with van der Waals surface area (Å²) >= 11 is 1.55. The van der Waals surface area contributed by atoms with Gasteiger partial charge in [-0.25, -0.2) is 8.42 Å². The fourth-order valence-corrected chi connectivity index (χ4v) is 4.96. The van der Waals surface area contributed by atoms with Crippen molar-refractivity contribution in [3.8, 4) is 6.07 Å². The predicted octanol–water partition coefficient (Wildman–Crippen LogP) is 1.76. The van der Waals surface area contributed by atoms with Crippen LogP contribution in [0.2, 0.25) is 0 Å². The zero-order valence-electron chi connectivity index (χ0n) is 11.7. The van der Waals surface area contributed by atoms with Gasteiger partial charge in [0.25, 0.3) is 0 Å². The molecular weight excluding hydrogens is 308 g/mol. The topological polar surface area (TPSA) is 88.6 Å². The molecule has 1 fully saturated rings. The molecule has 1 aliphatic heterocycles. The van der Waals surface area contributed by atoms with Crippen molar-refractivity contribution in [2.24, 2.45) is 0 Å². The third-order valence-corrected chi connectivity index (χ3v) is 6.14. The lowest BCUT2D eigenvalue weighted by Crippen LogP contribution is -2.11. The van der Waals surface area contributed by atoms with Gasteiger partial charge in [-0.2, -0.15) is 5.26 Å². The number of aromatic nitrogens is 3. The highest BCUT2D eigenvalue weighted by molar-refractivity contribution is 7.99. The first-order chi connectivity index (χ1) is 10.1. The number of nitrogens with zero attached hydrogens (tertiary/aromatic N) is 4. The third kappa shape index (κ3) is 4.08. The van der Waals surface area contributed by atoms with Crippen LogP contribution in [0.15, 0.2) is 17.8 Å². The largest absolute Gasteiger partial charge is 0.302 e. The van der Waals surface area contributed by atoms with E-state index in [1.54, 1.807) is 17.8 Å². The minimum absolute atomic E-state index is 0.0732. The van der Waals surface area contributed by atoms with Crippen LogP contribution in [0.5, 0.6) is 0 Å². The van der Waals surface area contributed by atoms with Gasteiger partial charge in [0, 0.05) is 24.6 Å². The van der Waals surface area contributed by atoms with E-state index in [4.69, 9.17) is 5.26 Å². The van der Waals surface area contributed by atoms with Crippen LogP contribution in [0, 0.1) is 11.3 Å². The number of nitriles is 1. The normalized spacial score (nSPS) is 20.2. The van der Waals surface area contributed by atoms with Gasteiger partial charge in [0.05, 0.1) is 17.6 Å². The minimum Gasteiger partial charge on any atom is -0.302 e. The van der Waals surface area contributed by atoms with Gasteiger partial charge in [0.1, 0.15) is 5.82 Å². The molecule has 0 radical (unpaired) electrons. The molecule has 8 heteroatoms. The Kier molecular flexibility index (Phi) is 5.42. The molecule has 0 saturated carbocycles. The molecule has 2 rings (SSSR count). The first kappa shape index (κ1) is 16.0. The van der Waals surface area contributed by atoms with Crippen molar-refractivity contribution >= 4 is 21.6 Å². The van der Waals surface area contributed by atoms with Crippen LogP contribution < -0.4 is 0 Å². The molecule has 1 aromatic rings. The second-order valence-electron chi connectivity index (χ2n) is 4.95. The lowest BCUT2D eigenvalue weighted by molar-refractivity contribution is 0.597. The Morgan fingerprint density at radius 3 is 2.95 bits per heavy atom. The maximum Gasteiger partial charge on any atom is 0.191 e. The molecule has 0 unspecified atom stereocenters. The molecule has 0 aromatic carbocycles. The van der Waals surface area contributed by atoms with Crippen LogP contribution in [-0.2, 0) is 16.4 Å². The Balaban J connectivity index is 2.13. The number of hydrogen-bond acceptors (Lipinski definition) is 6. The van der Waals surface area contributed by atoms with E-state index >= 15 is 0 Å².